The molecule has 0 spiro atoms. The largest absolute Gasteiger partial charge is 0.494 e. The van der Waals surface area contributed by atoms with E-state index < -0.39 is 21.4 Å². The maximum absolute atomic E-state index is 10.5. The van der Waals surface area contributed by atoms with Gasteiger partial charge in [-0.15, -0.1) is 10.1 Å². The van der Waals surface area contributed by atoms with Crippen molar-refractivity contribution in [3.8, 4) is 11.5 Å². The first-order valence-electron chi connectivity index (χ1n) is 3.70. The highest BCUT2D eigenvalue weighted by Gasteiger charge is 2.21. The molecule has 1 aromatic rings. The van der Waals surface area contributed by atoms with Crippen LogP contribution in [0.3, 0.4) is 0 Å². The number of rotatable bonds is 4. The molecule has 0 N–H and O–H groups in total. The van der Waals surface area contributed by atoms with Crippen LogP contribution in [-0.4, -0.2) is 17.1 Å². The number of para-hydroxylation sites is 1. The van der Waals surface area contributed by atoms with Crippen LogP contribution in [0.1, 0.15) is 0 Å². The van der Waals surface area contributed by atoms with E-state index in [0.29, 0.717) is 0 Å². The lowest BCUT2D eigenvalue weighted by Gasteiger charge is -2.05. The van der Waals surface area contributed by atoms with Crippen LogP contribution >= 0.6 is 0 Å². The smallest absolute Gasteiger partial charge is 0.303 e. The van der Waals surface area contributed by atoms with Crippen LogP contribution < -0.4 is 9.57 Å². The van der Waals surface area contributed by atoms with E-state index in [4.69, 9.17) is 4.74 Å². The molecule has 0 aromatic heterocycles. The third-order valence-electron chi connectivity index (χ3n) is 1.54. The maximum atomic E-state index is 10.5. The predicted molar refractivity (Wildman–Crippen MR) is 47.3 cm³/mol. The summed E-state index contributed by atoms with van der Waals surface area (Å²) in [5, 5.41) is 19.5. The molecule has 0 aliphatic rings. The third-order valence-corrected chi connectivity index (χ3v) is 1.54. The minimum atomic E-state index is -1.13. The Balaban J connectivity index is 3.26. The number of hydrogen-bond donors (Lipinski definition) is 0. The minimum absolute atomic E-state index is 0.0686. The maximum Gasteiger partial charge on any atom is 0.303 e. The second-order valence-corrected chi connectivity index (χ2v) is 2.38. The van der Waals surface area contributed by atoms with E-state index in [1.165, 1.54) is 19.2 Å². The fraction of sp³-hybridized carbons (Fsp3) is 0.143. The number of benzene rings is 1. The van der Waals surface area contributed by atoms with Crippen molar-refractivity contribution in [2.45, 2.75) is 0 Å². The minimum Gasteiger partial charge on any atom is -0.494 e. The number of nitro benzene ring substituents is 1. The monoisotopic (exact) mass is 214 g/mol. The van der Waals surface area contributed by atoms with Crippen LogP contribution in [0, 0.1) is 20.2 Å². The first-order chi connectivity index (χ1) is 7.06. The van der Waals surface area contributed by atoms with Crippen LogP contribution in [0.2, 0.25) is 0 Å². The van der Waals surface area contributed by atoms with Gasteiger partial charge in [-0.3, -0.25) is 15.0 Å². The zero-order chi connectivity index (χ0) is 11.4. The normalized spacial score (nSPS) is 9.40. The third kappa shape index (κ3) is 2.30. The van der Waals surface area contributed by atoms with Crippen LogP contribution in [0.15, 0.2) is 18.2 Å². The SMILES string of the molecule is COc1cccc([N+](=O)[O-])c1O[N+](=O)[O-]. The number of nitrogens with zero attached hydrogens (tertiary/aromatic N) is 2. The molecule has 8 nitrogen and oxygen atoms in total. The van der Waals surface area contributed by atoms with E-state index in [2.05, 4.69) is 4.84 Å². The molecule has 1 aromatic carbocycles. The molecule has 0 atom stereocenters. The van der Waals surface area contributed by atoms with Crippen LogP contribution in [0.5, 0.6) is 11.5 Å². The lowest BCUT2D eigenvalue weighted by molar-refractivity contribution is -0.711. The van der Waals surface area contributed by atoms with E-state index in [1.807, 2.05) is 0 Å². The molecule has 0 heterocycles. The van der Waals surface area contributed by atoms with Gasteiger partial charge in [-0.1, -0.05) is 6.07 Å². The van der Waals surface area contributed by atoms with E-state index in [-0.39, 0.29) is 5.75 Å². The van der Waals surface area contributed by atoms with Gasteiger partial charge in [-0.05, 0) is 6.07 Å². The summed E-state index contributed by atoms with van der Waals surface area (Å²) in [6, 6.07) is 3.75. The highest BCUT2D eigenvalue weighted by Crippen LogP contribution is 2.36. The molecule has 0 amide bonds. The van der Waals surface area contributed by atoms with Crippen molar-refractivity contribution in [3.63, 3.8) is 0 Å². The molecule has 0 saturated carbocycles. The summed E-state index contributed by atoms with van der Waals surface area (Å²) in [5.74, 6) is -0.587. The summed E-state index contributed by atoms with van der Waals surface area (Å²) in [6.45, 7) is 0. The molecule has 1 rings (SSSR count). The molecule has 15 heavy (non-hydrogen) atoms. The number of nitro groups is 1. The molecule has 0 fully saturated rings. The topological polar surface area (TPSA) is 105 Å². The van der Waals surface area contributed by atoms with Gasteiger partial charge in [0.1, 0.15) is 0 Å². The fourth-order valence-corrected chi connectivity index (χ4v) is 0.975. The van der Waals surface area contributed by atoms with Gasteiger partial charge in [0, 0.05) is 6.07 Å². The predicted octanol–water partition coefficient (Wildman–Crippen LogP) is 1.17. The Morgan fingerprint density at radius 3 is 2.40 bits per heavy atom. The van der Waals surface area contributed by atoms with E-state index >= 15 is 0 Å². The van der Waals surface area contributed by atoms with Gasteiger partial charge in [0.15, 0.2) is 5.75 Å². The standard InChI is InChI=1S/C7H6N2O6/c1-14-6-4-2-3-5(8(10)11)7(6)15-9(12)13/h2-4H,1H3. The van der Waals surface area contributed by atoms with Crippen molar-refractivity contribution in [3.05, 3.63) is 38.4 Å². The Kier molecular flexibility index (Phi) is 3.01. The molecule has 0 unspecified atom stereocenters. The molecule has 80 valence electrons. The van der Waals surface area contributed by atoms with Crippen LogP contribution in [0.4, 0.5) is 5.69 Å². The second kappa shape index (κ2) is 4.22. The van der Waals surface area contributed by atoms with Crippen molar-refractivity contribution >= 4 is 5.69 Å². The van der Waals surface area contributed by atoms with Crippen molar-refractivity contribution < 1.29 is 19.6 Å². The first-order valence-corrected chi connectivity index (χ1v) is 3.70. The lowest BCUT2D eigenvalue weighted by atomic mass is 10.3. The van der Waals surface area contributed by atoms with Gasteiger partial charge in [-0.2, -0.15) is 0 Å². The van der Waals surface area contributed by atoms with Crippen molar-refractivity contribution in [1.29, 1.82) is 0 Å². The van der Waals surface area contributed by atoms with Gasteiger partial charge >= 0.3 is 5.69 Å². The van der Waals surface area contributed by atoms with Crippen molar-refractivity contribution in [2.75, 3.05) is 7.11 Å². The quantitative estimate of drug-likeness (QED) is 0.550. The van der Waals surface area contributed by atoms with Crippen molar-refractivity contribution in [2.24, 2.45) is 0 Å². The van der Waals surface area contributed by atoms with Gasteiger partial charge in [0.25, 0.3) is 5.09 Å². The van der Waals surface area contributed by atoms with Gasteiger partial charge < -0.3 is 4.74 Å². The Bertz CT molecular complexity index is 404. The molecular formula is C7H6N2O6. The molecule has 0 aliphatic carbocycles. The van der Waals surface area contributed by atoms with E-state index in [1.54, 1.807) is 0 Å². The summed E-state index contributed by atoms with van der Waals surface area (Å²) >= 11 is 0. The molecule has 0 bridgehead atoms. The lowest BCUT2D eigenvalue weighted by Crippen LogP contribution is -2.07. The summed E-state index contributed by atoms with van der Waals surface area (Å²) in [7, 11) is 1.23. The van der Waals surface area contributed by atoms with E-state index in [9.17, 15) is 20.2 Å². The Morgan fingerprint density at radius 1 is 1.27 bits per heavy atom. The van der Waals surface area contributed by atoms with Gasteiger partial charge in [0.2, 0.25) is 5.75 Å². The fourth-order valence-electron chi connectivity index (χ4n) is 0.975. The van der Waals surface area contributed by atoms with Gasteiger partial charge in [-0.25, -0.2) is 0 Å². The van der Waals surface area contributed by atoms with E-state index in [0.717, 1.165) is 6.07 Å². The van der Waals surface area contributed by atoms with Gasteiger partial charge in [0.05, 0.1) is 12.0 Å². The average molecular weight is 214 g/mol. The molecule has 0 radical (unpaired) electrons. The zero-order valence-electron chi connectivity index (χ0n) is 7.58. The highest BCUT2D eigenvalue weighted by molar-refractivity contribution is 5.55. The number of ether oxygens (including phenoxy) is 1. The molecular weight excluding hydrogens is 208 g/mol. The summed E-state index contributed by atoms with van der Waals surface area (Å²) in [6.07, 6.45) is 0. The Labute approximate surface area is 83.3 Å². The molecule has 0 saturated heterocycles. The first kappa shape index (κ1) is 10.7. The number of methoxy groups -OCH3 is 1. The molecule has 8 heteroatoms. The molecule has 0 aliphatic heterocycles. The van der Waals surface area contributed by atoms with Crippen molar-refractivity contribution in [1.82, 2.24) is 0 Å². The Hall–Kier alpha value is -2.38. The average Bonchev–Trinajstić information content (AvgIpc) is 2.16. The summed E-state index contributed by atoms with van der Waals surface area (Å²) in [5.41, 5.74) is -0.522. The zero-order valence-corrected chi connectivity index (χ0v) is 7.58. The van der Waals surface area contributed by atoms with Crippen LogP contribution in [-0.2, 0) is 0 Å². The number of hydrogen-bond acceptors (Lipinski definition) is 6. The van der Waals surface area contributed by atoms with Crippen LogP contribution in [0.25, 0.3) is 0 Å². The summed E-state index contributed by atoms with van der Waals surface area (Å²) < 4.78 is 4.70. The Morgan fingerprint density at radius 2 is 1.93 bits per heavy atom. The second-order valence-electron chi connectivity index (χ2n) is 2.38. The summed E-state index contributed by atoms with van der Waals surface area (Å²) in [4.78, 5) is 23.9. The highest BCUT2D eigenvalue weighted by atomic mass is 17.0.